The summed E-state index contributed by atoms with van der Waals surface area (Å²) in [5.74, 6) is 2.44. The van der Waals surface area contributed by atoms with E-state index in [4.69, 9.17) is 9.47 Å². The molecule has 6 heteroatoms. The van der Waals surface area contributed by atoms with Crippen LogP contribution in [0.15, 0.2) is 24.5 Å². The van der Waals surface area contributed by atoms with Gasteiger partial charge in [0.1, 0.15) is 12.2 Å². The smallest absolute Gasteiger partial charge is 0.160 e. The molecule has 1 aromatic heterocycles. The van der Waals surface area contributed by atoms with Crippen LogP contribution < -0.4 is 14.8 Å². The van der Waals surface area contributed by atoms with Gasteiger partial charge in [-0.15, -0.1) is 10.2 Å². The van der Waals surface area contributed by atoms with E-state index in [1.54, 1.807) is 20.5 Å². The lowest BCUT2D eigenvalue weighted by molar-refractivity contribution is 0.354. The Morgan fingerprint density at radius 1 is 1.20 bits per heavy atom. The maximum Gasteiger partial charge on any atom is 0.160 e. The summed E-state index contributed by atoms with van der Waals surface area (Å²) in [4.78, 5) is 0. The molecule has 0 radical (unpaired) electrons. The van der Waals surface area contributed by atoms with Gasteiger partial charge in [-0.05, 0) is 30.7 Å². The third kappa shape index (κ3) is 3.48. The molecule has 2 aromatic rings. The summed E-state index contributed by atoms with van der Waals surface area (Å²) in [5.41, 5.74) is 1.20. The molecule has 0 saturated heterocycles. The lowest BCUT2D eigenvalue weighted by atomic mass is 10.1. The Bertz CT molecular complexity index is 554. The van der Waals surface area contributed by atoms with Gasteiger partial charge in [-0.3, -0.25) is 0 Å². The van der Waals surface area contributed by atoms with Crippen molar-refractivity contribution in [1.29, 1.82) is 0 Å². The number of ether oxygens (including phenoxy) is 2. The number of nitrogens with zero attached hydrogens (tertiary/aromatic N) is 3. The number of hydrogen-bond acceptors (Lipinski definition) is 5. The van der Waals surface area contributed by atoms with Crippen LogP contribution in [-0.4, -0.2) is 35.5 Å². The van der Waals surface area contributed by atoms with E-state index in [9.17, 15) is 0 Å². The van der Waals surface area contributed by atoms with Crippen molar-refractivity contribution in [3.05, 3.63) is 35.9 Å². The van der Waals surface area contributed by atoms with E-state index >= 15 is 0 Å². The number of hydrogen-bond donors (Lipinski definition) is 1. The first-order valence-corrected chi connectivity index (χ1v) is 6.49. The highest BCUT2D eigenvalue weighted by Gasteiger charge is 2.04. The lowest BCUT2D eigenvalue weighted by Crippen LogP contribution is -2.19. The Hall–Kier alpha value is -2.08. The van der Waals surface area contributed by atoms with Crippen molar-refractivity contribution in [3.8, 4) is 11.5 Å². The van der Waals surface area contributed by atoms with Crippen LogP contribution >= 0.6 is 0 Å². The van der Waals surface area contributed by atoms with Crippen LogP contribution in [0.2, 0.25) is 0 Å². The fourth-order valence-corrected chi connectivity index (χ4v) is 1.94. The van der Waals surface area contributed by atoms with Gasteiger partial charge in [-0.1, -0.05) is 6.07 Å². The summed E-state index contributed by atoms with van der Waals surface area (Å²) in [6.45, 7) is 1.58. The molecule has 1 N–H and O–H groups in total. The SMILES string of the molecule is COc1ccc(CCNCc2nncn2C)cc1OC. The Kier molecular flexibility index (Phi) is 4.95. The lowest BCUT2D eigenvalue weighted by Gasteiger charge is -2.10. The Morgan fingerprint density at radius 2 is 2.00 bits per heavy atom. The van der Waals surface area contributed by atoms with Crippen LogP contribution in [0, 0.1) is 0 Å². The maximum atomic E-state index is 5.29. The molecule has 0 fully saturated rings. The molecular weight excluding hydrogens is 256 g/mol. The Morgan fingerprint density at radius 3 is 2.65 bits per heavy atom. The van der Waals surface area contributed by atoms with Gasteiger partial charge < -0.3 is 19.4 Å². The normalized spacial score (nSPS) is 10.6. The number of aromatic nitrogens is 3. The molecule has 6 nitrogen and oxygen atoms in total. The summed E-state index contributed by atoms with van der Waals surface area (Å²) in [7, 11) is 5.22. The molecule has 0 bridgehead atoms. The van der Waals surface area contributed by atoms with Gasteiger partial charge in [0.25, 0.3) is 0 Å². The highest BCUT2D eigenvalue weighted by atomic mass is 16.5. The second-order valence-electron chi connectivity index (χ2n) is 4.47. The molecule has 0 amide bonds. The Labute approximate surface area is 118 Å². The molecule has 1 heterocycles. The van der Waals surface area contributed by atoms with Crippen molar-refractivity contribution in [3.63, 3.8) is 0 Å². The van der Waals surface area contributed by atoms with Gasteiger partial charge in [-0.2, -0.15) is 0 Å². The fraction of sp³-hybridized carbons (Fsp3) is 0.429. The van der Waals surface area contributed by atoms with Crippen LogP contribution in [0.25, 0.3) is 0 Å². The first kappa shape index (κ1) is 14.3. The van der Waals surface area contributed by atoms with Crippen LogP contribution in [0.5, 0.6) is 11.5 Å². The van der Waals surface area contributed by atoms with Gasteiger partial charge in [0.05, 0.1) is 20.8 Å². The second kappa shape index (κ2) is 6.91. The van der Waals surface area contributed by atoms with Crippen molar-refractivity contribution >= 4 is 0 Å². The summed E-state index contributed by atoms with van der Waals surface area (Å²) >= 11 is 0. The molecule has 20 heavy (non-hydrogen) atoms. The summed E-state index contributed by atoms with van der Waals surface area (Å²) in [5, 5.41) is 11.2. The number of aryl methyl sites for hydroxylation is 1. The molecule has 0 aliphatic rings. The minimum absolute atomic E-state index is 0.712. The summed E-state index contributed by atoms with van der Waals surface area (Å²) in [6, 6.07) is 5.98. The first-order valence-electron chi connectivity index (χ1n) is 6.49. The molecule has 0 aliphatic heterocycles. The number of benzene rings is 1. The van der Waals surface area contributed by atoms with E-state index in [0.29, 0.717) is 6.54 Å². The quantitative estimate of drug-likeness (QED) is 0.769. The minimum atomic E-state index is 0.712. The molecular formula is C14H20N4O2. The third-order valence-electron chi connectivity index (χ3n) is 3.13. The van der Waals surface area contributed by atoms with E-state index < -0.39 is 0 Å². The number of nitrogens with one attached hydrogen (secondary N) is 1. The van der Waals surface area contributed by atoms with Crippen molar-refractivity contribution < 1.29 is 9.47 Å². The third-order valence-corrected chi connectivity index (χ3v) is 3.13. The standard InChI is InChI=1S/C14H20N4O2/c1-18-10-16-17-14(18)9-15-7-6-11-4-5-12(19-2)13(8-11)20-3/h4-5,8,10,15H,6-7,9H2,1-3H3. The largest absolute Gasteiger partial charge is 0.493 e. The van der Waals surface area contributed by atoms with Gasteiger partial charge in [-0.25, -0.2) is 0 Å². The predicted octanol–water partition coefficient (Wildman–Crippen LogP) is 1.16. The average Bonchev–Trinajstić information content (AvgIpc) is 2.88. The van der Waals surface area contributed by atoms with Crippen LogP contribution in [0.3, 0.4) is 0 Å². The van der Waals surface area contributed by atoms with Crippen molar-refractivity contribution in [1.82, 2.24) is 20.1 Å². The monoisotopic (exact) mass is 276 g/mol. The zero-order valence-electron chi connectivity index (χ0n) is 12.1. The summed E-state index contributed by atoms with van der Waals surface area (Å²) in [6.07, 6.45) is 2.61. The second-order valence-corrected chi connectivity index (χ2v) is 4.47. The van der Waals surface area contributed by atoms with Gasteiger partial charge in [0.2, 0.25) is 0 Å². The van der Waals surface area contributed by atoms with Gasteiger partial charge in [0.15, 0.2) is 11.5 Å². The van der Waals surface area contributed by atoms with E-state index in [2.05, 4.69) is 15.5 Å². The number of methoxy groups -OCH3 is 2. The van der Waals surface area contributed by atoms with E-state index in [-0.39, 0.29) is 0 Å². The molecule has 0 atom stereocenters. The number of rotatable bonds is 7. The minimum Gasteiger partial charge on any atom is -0.493 e. The summed E-state index contributed by atoms with van der Waals surface area (Å²) < 4.78 is 12.4. The molecule has 0 spiro atoms. The van der Waals surface area contributed by atoms with Crippen molar-refractivity contribution in [2.75, 3.05) is 20.8 Å². The molecule has 1 aromatic carbocycles. The highest BCUT2D eigenvalue weighted by Crippen LogP contribution is 2.27. The first-order chi connectivity index (χ1) is 9.74. The zero-order valence-corrected chi connectivity index (χ0v) is 12.1. The highest BCUT2D eigenvalue weighted by molar-refractivity contribution is 5.42. The van der Waals surface area contributed by atoms with Crippen molar-refractivity contribution in [2.45, 2.75) is 13.0 Å². The van der Waals surface area contributed by atoms with Crippen LogP contribution in [-0.2, 0) is 20.0 Å². The van der Waals surface area contributed by atoms with Gasteiger partial charge in [0, 0.05) is 7.05 Å². The molecule has 2 rings (SSSR count). The topological polar surface area (TPSA) is 61.2 Å². The molecule has 0 aliphatic carbocycles. The Balaban J connectivity index is 1.83. The molecule has 0 unspecified atom stereocenters. The maximum absolute atomic E-state index is 5.29. The predicted molar refractivity (Wildman–Crippen MR) is 76.0 cm³/mol. The zero-order chi connectivity index (χ0) is 14.4. The molecule has 0 saturated carbocycles. The van der Waals surface area contributed by atoms with E-state index in [0.717, 1.165) is 30.3 Å². The van der Waals surface area contributed by atoms with Crippen molar-refractivity contribution in [2.24, 2.45) is 7.05 Å². The average molecular weight is 276 g/mol. The van der Waals surface area contributed by atoms with E-state index in [1.165, 1.54) is 5.56 Å². The molecule has 108 valence electrons. The van der Waals surface area contributed by atoms with Gasteiger partial charge >= 0.3 is 0 Å². The van der Waals surface area contributed by atoms with Crippen LogP contribution in [0.4, 0.5) is 0 Å². The fourth-order valence-electron chi connectivity index (χ4n) is 1.94. The van der Waals surface area contributed by atoms with E-state index in [1.807, 2.05) is 29.8 Å². The van der Waals surface area contributed by atoms with Crippen LogP contribution in [0.1, 0.15) is 11.4 Å².